The van der Waals surface area contributed by atoms with Crippen LogP contribution in [0.4, 0.5) is 11.4 Å². The van der Waals surface area contributed by atoms with Gasteiger partial charge in [0.2, 0.25) is 11.8 Å². The van der Waals surface area contributed by atoms with Gasteiger partial charge in [-0.3, -0.25) is 9.59 Å². The number of carbonyl (C=O) groups excluding carboxylic acids is 2. The third-order valence-corrected chi connectivity index (χ3v) is 5.49. The number of nitrogens with one attached hydrogen (secondary N) is 2. The molecule has 1 aliphatic carbocycles. The Balaban J connectivity index is 1.46. The topological polar surface area (TPSA) is 58.2 Å². The normalized spacial score (nSPS) is 13.9. The summed E-state index contributed by atoms with van der Waals surface area (Å²) < 4.78 is 0. The highest BCUT2D eigenvalue weighted by molar-refractivity contribution is 8.00. The molecule has 2 N–H and O–H groups in total. The molecule has 0 spiro atoms. The summed E-state index contributed by atoms with van der Waals surface area (Å²) in [6.45, 7) is 6.56. The lowest BCUT2D eigenvalue weighted by atomic mass is 9.87. The van der Waals surface area contributed by atoms with Gasteiger partial charge in [0.15, 0.2) is 0 Å². The van der Waals surface area contributed by atoms with Crippen LogP contribution in [0.15, 0.2) is 53.4 Å². The summed E-state index contributed by atoms with van der Waals surface area (Å²) in [5.74, 6) is 0.573. The van der Waals surface area contributed by atoms with Gasteiger partial charge in [0, 0.05) is 22.2 Å². The molecule has 1 aliphatic rings. The van der Waals surface area contributed by atoms with Crippen LogP contribution in [-0.2, 0) is 15.0 Å². The number of hydrogen-bond donors (Lipinski definition) is 2. The van der Waals surface area contributed by atoms with Gasteiger partial charge in [0.1, 0.15) is 0 Å². The van der Waals surface area contributed by atoms with Crippen molar-refractivity contribution in [1.29, 1.82) is 0 Å². The second kappa shape index (κ2) is 8.17. The van der Waals surface area contributed by atoms with Crippen LogP contribution in [0.1, 0.15) is 39.2 Å². The minimum absolute atomic E-state index is 0.0466. The maximum absolute atomic E-state index is 12.2. The summed E-state index contributed by atoms with van der Waals surface area (Å²) in [5, 5.41) is 5.78. The van der Waals surface area contributed by atoms with Gasteiger partial charge in [0.25, 0.3) is 0 Å². The van der Waals surface area contributed by atoms with E-state index >= 15 is 0 Å². The Hall–Kier alpha value is -2.27. The zero-order chi connectivity index (χ0) is 19.4. The van der Waals surface area contributed by atoms with Crippen molar-refractivity contribution in [3.8, 4) is 0 Å². The van der Waals surface area contributed by atoms with E-state index in [-0.39, 0.29) is 23.1 Å². The Morgan fingerprint density at radius 2 is 1.48 bits per heavy atom. The molecule has 0 radical (unpaired) electrons. The zero-order valence-electron chi connectivity index (χ0n) is 16.0. The number of anilines is 2. The maximum atomic E-state index is 12.2. The number of carbonyl (C=O) groups is 2. The van der Waals surface area contributed by atoms with Gasteiger partial charge in [-0.2, -0.15) is 0 Å². The highest BCUT2D eigenvalue weighted by Crippen LogP contribution is 2.30. The number of amides is 2. The summed E-state index contributed by atoms with van der Waals surface area (Å²) in [7, 11) is 0. The van der Waals surface area contributed by atoms with Crippen LogP contribution in [0.5, 0.6) is 0 Å². The molecule has 0 saturated heterocycles. The standard InChI is InChI=1S/C22H26N2O2S/c1-22(2,3)16-6-12-19(13-7-16)27-14-20(25)23-17-8-10-18(11-9-17)24-21(26)15-4-5-15/h6-13,15H,4-5,14H2,1-3H3,(H,23,25)(H,24,26). The first-order valence-corrected chi connectivity index (χ1v) is 10.2. The molecule has 2 aromatic rings. The molecule has 3 rings (SSSR count). The predicted molar refractivity (Wildman–Crippen MR) is 112 cm³/mol. The molecular weight excluding hydrogens is 356 g/mol. The quantitative estimate of drug-likeness (QED) is 0.686. The van der Waals surface area contributed by atoms with Crippen molar-refractivity contribution in [1.82, 2.24) is 0 Å². The lowest BCUT2D eigenvalue weighted by Crippen LogP contribution is -2.15. The molecule has 0 unspecified atom stereocenters. The van der Waals surface area contributed by atoms with E-state index in [4.69, 9.17) is 0 Å². The van der Waals surface area contributed by atoms with E-state index in [9.17, 15) is 9.59 Å². The molecule has 0 atom stereocenters. The average Bonchev–Trinajstić information content (AvgIpc) is 3.46. The zero-order valence-corrected chi connectivity index (χ0v) is 16.9. The van der Waals surface area contributed by atoms with Crippen LogP contribution in [0.3, 0.4) is 0 Å². The first-order chi connectivity index (χ1) is 12.8. The Morgan fingerprint density at radius 1 is 0.926 bits per heavy atom. The highest BCUT2D eigenvalue weighted by atomic mass is 32.2. The maximum Gasteiger partial charge on any atom is 0.234 e. The van der Waals surface area contributed by atoms with Gasteiger partial charge < -0.3 is 10.6 Å². The van der Waals surface area contributed by atoms with Crippen molar-refractivity contribution in [3.63, 3.8) is 0 Å². The lowest BCUT2D eigenvalue weighted by molar-refractivity contribution is -0.117. The molecule has 2 aromatic carbocycles. The van der Waals surface area contributed by atoms with Crippen LogP contribution < -0.4 is 10.6 Å². The largest absolute Gasteiger partial charge is 0.326 e. The average molecular weight is 383 g/mol. The molecular formula is C22H26N2O2S. The summed E-state index contributed by atoms with van der Waals surface area (Å²) in [6, 6.07) is 15.6. The van der Waals surface area contributed by atoms with Crippen LogP contribution in [0.2, 0.25) is 0 Å². The molecule has 0 heterocycles. The molecule has 0 aliphatic heterocycles. The van der Waals surface area contributed by atoms with E-state index in [2.05, 4.69) is 55.7 Å². The van der Waals surface area contributed by atoms with Crippen LogP contribution in [0, 0.1) is 5.92 Å². The molecule has 0 aromatic heterocycles. The van der Waals surface area contributed by atoms with E-state index in [0.29, 0.717) is 5.75 Å². The van der Waals surface area contributed by atoms with Crippen molar-refractivity contribution < 1.29 is 9.59 Å². The van der Waals surface area contributed by atoms with Gasteiger partial charge in [0.05, 0.1) is 5.75 Å². The Kier molecular flexibility index (Phi) is 5.90. The molecule has 1 saturated carbocycles. The summed E-state index contributed by atoms with van der Waals surface area (Å²) >= 11 is 1.52. The van der Waals surface area contributed by atoms with E-state index in [1.807, 2.05) is 24.3 Å². The van der Waals surface area contributed by atoms with Gasteiger partial charge in [-0.05, 0) is 60.2 Å². The van der Waals surface area contributed by atoms with E-state index in [1.165, 1.54) is 17.3 Å². The molecule has 5 heteroatoms. The van der Waals surface area contributed by atoms with Gasteiger partial charge >= 0.3 is 0 Å². The van der Waals surface area contributed by atoms with Crippen molar-refractivity contribution >= 4 is 35.0 Å². The van der Waals surface area contributed by atoms with Crippen LogP contribution in [-0.4, -0.2) is 17.6 Å². The Bertz CT molecular complexity index is 804. The smallest absolute Gasteiger partial charge is 0.234 e. The van der Waals surface area contributed by atoms with Crippen LogP contribution in [0.25, 0.3) is 0 Å². The molecule has 142 valence electrons. The SMILES string of the molecule is CC(C)(C)c1ccc(SCC(=O)Nc2ccc(NC(=O)C3CC3)cc2)cc1. The Labute approximate surface area is 165 Å². The summed E-state index contributed by atoms with van der Waals surface area (Å²) in [5.41, 5.74) is 2.90. The highest BCUT2D eigenvalue weighted by Gasteiger charge is 2.29. The van der Waals surface area contributed by atoms with Crippen molar-refractivity contribution in [2.75, 3.05) is 16.4 Å². The fourth-order valence-corrected chi connectivity index (χ4v) is 3.32. The third kappa shape index (κ3) is 5.86. The van der Waals surface area contributed by atoms with E-state index in [1.54, 1.807) is 0 Å². The van der Waals surface area contributed by atoms with Gasteiger partial charge in [-0.15, -0.1) is 11.8 Å². The van der Waals surface area contributed by atoms with E-state index in [0.717, 1.165) is 29.1 Å². The van der Waals surface area contributed by atoms with Crippen molar-refractivity contribution in [2.45, 2.75) is 43.9 Å². The van der Waals surface area contributed by atoms with Crippen molar-refractivity contribution in [3.05, 3.63) is 54.1 Å². The molecule has 4 nitrogen and oxygen atoms in total. The monoisotopic (exact) mass is 382 g/mol. The lowest BCUT2D eigenvalue weighted by Gasteiger charge is -2.19. The number of thioether (sulfide) groups is 1. The number of hydrogen-bond acceptors (Lipinski definition) is 3. The van der Waals surface area contributed by atoms with Gasteiger partial charge in [-0.25, -0.2) is 0 Å². The summed E-state index contributed by atoms with van der Waals surface area (Å²) in [4.78, 5) is 25.0. The molecule has 27 heavy (non-hydrogen) atoms. The fraction of sp³-hybridized carbons (Fsp3) is 0.364. The summed E-state index contributed by atoms with van der Waals surface area (Å²) in [6.07, 6.45) is 1.97. The van der Waals surface area contributed by atoms with Crippen LogP contribution >= 0.6 is 11.8 Å². The van der Waals surface area contributed by atoms with Gasteiger partial charge in [-0.1, -0.05) is 32.9 Å². The predicted octanol–water partition coefficient (Wildman–Crippen LogP) is 5.06. The van der Waals surface area contributed by atoms with Crippen molar-refractivity contribution in [2.24, 2.45) is 5.92 Å². The second-order valence-electron chi connectivity index (χ2n) is 7.95. The molecule has 1 fully saturated rings. The minimum atomic E-state index is -0.0466. The minimum Gasteiger partial charge on any atom is -0.326 e. The number of benzene rings is 2. The fourth-order valence-electron chi connectivity index (χ4n) is 2.62. The first-order valence-electron chi connectivity index (χ1n) is 9.25. The Morgan fingerprint density at radius 3 is 2.00 bits per heavy atom. The molecule has 0 bridgehead atoms. The van der Waals surface area contributed by atoms with E-state index < -0.39 is 0 Å². The number of rotatable bonds is 6. The second-order valence-corrected chi connectivity index (χ2v) is 9.00. The third-order valence-electron chi connectivity index (χ3n) is 4.47. The first kappa shape index (κ1) is 19.5. The molecule has 2 amide bonds.